The number of hydrogen-bond acceptors (Lipinski definition) is 4. The Labute approximate surface area is 165 Å². The maximum atomic E-state index is 12.4. The number of nitrogens with zero attached hydrogens (tertiary/aromatic N) is 2. The van der Waals surface area contributed by atoms with E-state index >= 15 is 0 Å². The van der Waals surface area contributed by atoms with Crippen LogP contribution in [0, 0.1) is 5.92 Å². The minimum Gasteiger partial charge on any atom is -0.464 e. The number of amides is 2. The van der Waals surface area contributed by atoms with Gasteiger partial charge in [0.25, 0.3) is 0 Å². The van der Waals surface area contributed by atoms with Gasteiger partial charge in [-0.1, -0.05) is 13.0 Å². The molecule has 1 aliphatic heterocycles. The van der Waals surface area contributed by atoms with Crippen molar-refractivity contribution < 1.29 is 14.0 Å². The number of carbonyl (C=O) groups is 2. The minimum absolute atomic E-state index is 0.0880. The molecule has 28 heavy (non-hydrogen) atoms. The van der Waals surface area contributed by atoms with E-state index in [9.17, 15) is 9.59 Å². The number of carbonyl (C=O) groups excluding carboxylic acids is 2. The van der Waals surface area contributed by atoms with Crippen LogP contribution in [0.15, 0.2) is 40.8 Å². The molecule has 2 aromatic rings. The zero-order valence-corrected chi connectivity index (χ0v) is 16.5. The van der Waals surface area contributed by atoms with Crippen molar-refractivity contribution in [3.63, 3.8) is 0 Å². The number of likely N-dealkylation sites (N-methyl/N-ethyl adjacent to an activating group) is 1. The van der Waals surface area contributed by atoms with E-state index in [1.54, 1.807) is 4.90 Å². The zero-order chi connectivity index (χ0) is 19.7. The second kappa shape index (κ2) is 7.80. The largest absolute Gasteiger partial charge is 0.464 e. The third-order valence-electron chi connectivity index (χ3n) is 5.51. The van der Waals surface area contributed by atoms with Gasteiger partial charge in [0.2, 0.25) is 11.8 Å². The van der Waals surface area contributed by atoms with Crippen molar-refractivity contribution in [1.82, 2.24) is 4.90 Å². The number of benzene rings is 1. The third-order valence-corrected chi connectivity index (χ3v) is 5.51. The molecule has 1 aromatic heterocycles. The molecule has 2 amide bonds. The Hall–Kier alpha value is -2.60. The normalized spacial score (nSPS) is 21.4. The predicted octanol–water partition coefficient (Wildman–Crippen LogP) is 3.60. The van der Waals surface area contributed by atoms with E-state index in [4.69, 9.17) is 4.42 Å². The van der Waals surface area contributed by atoms with Crippen LogP contribution in [0.25, 0.3) is 0 Å². The van der Waals surface area contributed by atoms with E-state index in [0.717, 1.165) is 30.2 Å². The van der Waals surface area contributed by atoms with Gasteiger partial charge in [0.1, 0.15) is 11.5 Å². The smallest absolute Gasteiger partial charge is 0.238 e. The van der Waals surface area contributed by atoms with Crippen molar-refractivity contribution in [3.8, 4) is 0 Å². The van der Waals surface area contributed by atoms with Gasteiger partial charge in [-0.3, -0.25) is 14.5 Å². The summed E-state index contributed by atoms with van der Waals surface area (Å²) >= 11 is 0. The standard InChI is InChI=1S/C22H27N3O3/c1-15-11-19(15)20-9-8-18(28-20)13-24(2)14-21(26)23-16-5-3-6-17(12-16)25-10-4-7-22(25)27/h3,5-6,8-9,12,15,19H,4,7,10-11,13-14H2,1-2H3,(H,23,26). The number of hydrogen-bond donors (Lipinski definition) is 1. The lowest BCUT2D eigenvalue weighted by atomic mass is 10.2. The van der Waals surface area contributed by atoms with Crippen molar-refractivity contribution in [3.05, 3.63) is 47.9 Å². The SMILES string of the molecule is CC1CC1c1ccc(CN(C)CC(=O)Nc2cccc(N3CCCC3=O)c2)o1. The monoisotopic (exact) mass is 381 g/mol. The molecule has 6 nitrogen and oxygen atoms in total. The van der Waals surface area contributed by atoms with Crippen LogP contribution in [-0.2, 0) is 16.1 Å². The van der Waals surface area contributed by atoms with Gasteiger partial charge in [-0.05, 0) is 56.1 Å². The van der Waals surface area contributed by atoms with Crippen LogP contribution in [0.2, 0.25) is 0 Å². The molecule has 0 radical (unpaired) electrons. The topological polar surface area (TPSA) is 65.8 Å². The molecule has 2 aliphatic rings. The van der Waals surface area contributed by atoms with Gasteiger partial charge in [-0.15, -0.1) is 0 Å². The Bertz CT molecular complexity index is 875. The van der Waals surface area contributed by atoms with Crippen LogP contribution in [0.5, 0.6) is 0 Å². The first-order chi connectivity index (χ1) is 13.5. The molecule has 0 bridgehead atoms. The lowest BCUT2D eigenvalue weighted by Crippen LogP contribution is -2.30. The molecule has 1 aliphatic carbocycles. The molecule has 2 heterocycles. The second-order valence-corrected chi connectivity index (χ2v) is 8.04. The lowest BCUT2D eigenvalue weighted by Gasteiger charge is -2.18. The quantitative estimate of drug-likeness (QED) is 0.796. The Kier molecular flexibility index (Phi) is 5.22. The predicted molar refractivity (Wildman–Crippen MR) is 108 cm³/mol. The van der Waals surface area contributed by atoms with E-state index in [-0.39, 0.29) is 18.4 Å². The van der Waals surface area contributed by atoms with Gasteiger partial charge in [-0.2, -0.15) is 0 Å². The van der Waals surface area contributed by atoms with Gasteiger partial charge >= 0.3 is 0 Å². The highest BCUT2D eigenvalue weighted by Crippen LogP contribution is 2.47. The zero-order valence-electron chi connectivity index (χ0n) is 16.5. The number of anilines is 2. The van der Waals surface area contributed by atoms with Crippen LogP contribution in [0.1, 0.15) is 43.6 Å². The molecular formula is C22H27N3O3. The molecule has 1 aromatic carbocycles. The maximum absolute atomic E-state index is 12.4. The number of nitrogens with one attached hydrogen (secondary N) is 1. The molecule has 2 unspecified atom stereocenters. The van der Waals surface area contributed by atoms with Crippen molar-refractivity contribution in [2.45, 2.75) is 38.6 Å². The summed E-state index contributed by atoms with van der Waals surface area (Å²) in [7, 11) is 1.90. The second-order valence-electron chi connectivity index (χ2n) is 8.04. The first-order valence-electron chi connectivity index (χ1n) is 9.97. The van der Waals surface area contributed by atoms with Crippen LogP contribution in [0.4, 0.5) is 11.4 Å². The summed E-state index contributed by atoms with van der Waals surface area (Å²) in [5, 5.41) is 2.93. The van der Waals surface area contributed by atoms with Crippen LogP contribution >= 0.6 is 0 Å². The van der Waals surface area contributed by atoms with E-state index < -0.39 is 0 Å². The summed E-state index contributed by atoms with van der Waals surface area (Å²) in [6, 6.07) is 11.5. The number of furan rings is 1. The third kappa shape index (κ3) is 4.28. The summed E-state index contributed by atoms with van der Waals surface area (Å²) in [5.41, 5.74) is 1.55. The average molecular weight is 381 g/mol. The first kappa shape index (κ1) is 18.7. The fraction of sp³-hybridized carbons (Fsp3) is 0.455. The Morgan fingerprint density at radius 3 is 2.86 bits per heavy atom. The summed E-state index contributed by atoms with van der Waals surface area (Å²) in [5.74, 6) is 3.29. The molecule has 1 saturated carbocycles. The Morgan fingerprint density at radius 2 is 2.14 bits per heavy atom. The average Bonchev–Trinajstić information content (AvgIpc) is 3.03. The van der Waals surface area contributed by atoms with Gasteiger partial charge in [0, 0.05) is 30.3 Å². The minimum atomic E-state index is -0.0880. The van der Waals surface area contributed by atoms with Gasteiger partial charge in [-0.25, -0.2) is 0 Å². The van der Waals surface area contributed by atoms with Gasteiger partial charge < -0.3 is 14.6 Å². The molecule has 2 atom stereocenters. The summed E-state index contributed by atoms with van der Waals surface area (Å²) in [4.78, 5) is 28.0. The number of rotatable bonds is 7. The molecule has 4 rings (SSSR count). The van der Waals surface area contributed by atoms with Crippen molar-refractivity contribution in [2.24, 2.45) is 5.92 Å². The summed E-state index contributed by atoms with van der Waals surface area (Å²) in [6.45, 7) is 3.83. The van der Waals surface area contributed by atoms with E-state index in [1.807, 2.05) is 42.3 Å². The van der Waals surface area contributed by atoms with Crippen molar-refractivity contribution in [1.29, 1.82) is 0 Å². The summed E-state index contributed by atoms with van der Waals surface area (Å²) in [6.07, 6.45) is 2.68. The van der Waals surface area contributed by atoms with E-state index in [1.165, 1.54) is 6.42 Å². The fourth-order valence-corrected chi connectivity index (χ4v) is 3.84. The van der Waals surface area contributed by atoms with Crippen molar-refractivity contribution in [2.75, 3.05) is 30.4 Å². The van der Waals surface area contributed by atoms with Gasteiger partial charge in [0.15, 0.2) is 0 Å². The van der Waals surface area contributed by atoms with E-state index in [0.29, 0.717) is 30.5 Å². The first-order valence-corrected chi connectivity index (χ1v) is 9.97. The highest BCUT2D eigenvalue weighted by molar-refractivity contribution is 5.97. The van der Waals surface area contributed by atoms with E-state index in [2.05, 4.69) is 18.3 Å². The van der Waals surface area contributed by atoms with Gasteiger partial charge in [0.05, 0.1) is 13.1 Å². The highest BCUT2D eigenvalue weighted by Gasteiger charge is 2.36. The molecular weight excluding hydrogens is 354 g/mol. The molecule has 148 valence electrons. The van der Waals surface area contributed by atoms with Crippen LogP contribution < -0.4 is 10.2 Å². The Balaban J connectivity index is 1.30. The van der Waals surface area contributed by atoms with Crippen LogP contribution in [-0.4, -0.2) is 36.9 Å². The molecule has 0 spiro atoms. The van der Waals surface area contributed by atoms with Crippen molar-refractivity contribution >= 4 is 23.2 Å². The molecule has 1 saturated heterocycles. The molecule has 6 heteroatoms. The lowest BCUT2D eigenvalue weighted by molar-refractivity contribution is -0.117. The fourth-order valence-electron chi connectivity index (χ4n) is 3.84. The maximum Gasteiger partial charge on any atom is 0.238 e. The van der Waals surface area contributed by atoms with Crippen LogP contribution in [0.3, 0.4) is 0 Å². The highest BCUT2D eigenvalue weighted by atomic mass is 16.3. The summed E-state index contributed by atoms with van der Waals surface area (Å²) < 4.78 is 5.92. The molecule has 2 fully saturated rings. The molecule has 1 N–H and O–H groups in total. The Morgan fingerprint density at radius 1 is 1.32 bits per heavy atom.